The summed E-state index contributed by atoms with van der Waals surface area (Å²) < 4.78 is 0. The lowest BCUT2D eigenvalue weighted by Crippen LogP contribution is -2.30. The van der Waals surface area contributed by atoms with E-state index < -0.39 is 5.24 Å². The van der Waals surface area contributed by atoms with Gasteiger partial charge in [0.25, 0.3) is 11.1 Å². The van der Waals surface area contributed by atoms with Crippen molar-refractivity contribution in [3.8, 4) is 0 Å². The number of nitrogens with two attached hydrogens (primary N) is 1. The lowest BCUT2D eigenvalue weighted by atomic mass is 9.90. The summed E-state index contributed by atoms with van der Waals surface area (Å²) in [5, 5.41) is 9.19. The molecule has 71 heavy (non-hydrogen) atoms. The molecule has 6 nitrogen and oxygen atoms in total. The largest absolute Gasteiger partial charge is 0.352 e. The standard InChI is InChI=1S/C15H14ClNO.C15H14ClN.C15H12ClN.C8H10ClN.C7H5ClO/c16-14-8-4-5-12(11-14)9-10-17-15(18)13-6-2-1-3-7-13;2*16-13-6-7-14-12(10-13)8-9-17-15(14)11-4-2-1-3-5-11;9-8-3-1-2-7(6-8)4-5-10;8-7(9)6-4-2-1-3-5-6/h1-8,11H,9-10H2,(H,17,18);1-7,10,15,17H,8-9H2;1-7,10H,8-9H2;1-3,6H,4-5,10H2;1-5H. The zero-order valence-electron chi connectivity index (χ0n) is 39.1. The maximum absolute atomic E-state index is 11.8. The van der Waals surface area contributed by atoms with Crippen LogP contribution in [0, 0.1) is 0 Å². The summed E-state index contributed by atoms with van der Waals surface area (Å²) in [6.45, 7) is 3.14. The molecular weight excluding hydrogens is 986 g/mol. The van der Waals surface area contributed by atoms with Crippen molar-refractivity contribution in [2.24, 2.45) is 10.7 Å². The van der Waals surface area contributed by atoms with Crippen LogP contribution in [0.3, 0.4) is 0 Å². The monoisotopic (exact) mass is 1040 g/mol. The number of carbonyl (C=O) groups is 2. The number of benzene rings is 8. The van der Waals surface area contributed by atoms with Crippen LogP contribution in [0.2, 0.25) is 20.1 Å². The second kappa shape index (κ2) is 29.3. The third-order valence-electron chi connectivity index (χ3n) is 11.3. The molecule has 8 aromatic carbocycles. The highest BCUT2D eigenvalue weighted by Gasteiger charge is 2.21. The van der Waals surface area contributed by atoms with Crippen LogP contribution >= 0.6 is 58.0 Å². The highest BCUT2D eigenvalue weighted by Crippen LogP contribution is 2.30. The smallest absolute Gasteiger partial charge is 0.252 e. The maximum Gasteiger partial charge on any atom is 0.252 e. The number of rotatable bonds is 9. The molecule has 1 unspecified atom stereocenters. The fraction of sp³-hybridized carbons (Fsp3) is 0.150. The summed E-state index contributed by atoms with van der Waals surface area (Å²) >= 11 is 28.9. The highest BCUT2D eigenvalue weighted by atomic mass is 35.5. The third kappa shape index (κ3) is 17.9. The molecule has 0 saturated carbocycles. The molecule has 362 valence electrons. The number of hydrogen-bond donors (Lipinski definition) is 3. The first-order chi connectivity index (χ1) is 34.6. The van der Waals surface area contributed by atoms with Crippen molar-refractivity contribution < 1.29 is 9.59 Å². The van der Waals surface area contributed by atoms with Gasteiger partial charge < -0.3 is 16.4 Å². The number of halogens is 5. The van der Waals surface area contributed by atoms with E-state index in [9.17, 15) is 9.59 Å². The minimum absolute atomic E-state index is 0.0439. The molecule has 11 heteroatoms. The van der Waals surface area contributed by atoms with Gasteiger partial charge in [-0.1, -0.05) is 192 Å². The number of hydrogen-bond acceptors (Lipinski definition) is 5. The first-order valence-electron chi connectivity index (χ1n) is 23.3. The first kappa shape index (κ1) is 54.3. The van der Waals surface area contributed by atoms with Crippen molar-refractivity contribution in [3.05, 3.63) is 282 Å². The Morgan fingerprint density at radius 1 is 0.563 bits per heavy atom. The average molecular weight is 1040 g/mol. The van der Waals surface area contributed by atoms with Gasteiger partial charge in [0.05, 0.1) is 11.8 Å². The summed E-state index contributed by atoms with van der Waals surface area (Å²) in [6.07, 6.45) is 3.71. The maximum atomic E-state index is 11.8. The van der Waals surface area contributed by atoms with Crippen LogP contribution in [0.1, 0.15) is 71.3 Å². The molecule has 2 heterocycles. The second-order valence-corrected chi connectivity index (χ2v) is 18.4. The van der Waals surface area contributed by atoms with Crippen molar-refractivity contribution in [2.45, 2.75) is 31.7 Å². The number of fused-ring (bicyclic) bond motifs is 2. The summed E-state index contributed by atoms with van der Waals surface area (Å²) in [6, 6.07) is 66.8. The van der Waals surface area contributed by atoms with Crippen LogP contribution in [0.15, 0.2) is 211 Å². The summed E-state index contributed by atoms with van der Waals surface area (Å²) in [5.74, 6) is -0.0439. The van der Waals surface area contributed by atoms with E-state index in [1.165, 1.54) is 38.9 Å². The third-order valence-corrected chi connectivity index (χ3v) is 12.4. The Hall–Kier alpha value is -6.06. The molecule has 2 aliphatic heterocycles. The quantitative estimate of drug-likeness (QED) is 0.126. The minimum Gasteiger partial charge on any atom is -0.352 e. The lowest BCUT2D eigenvalue weighted by Gasteiger charge is -2.27. The molecule has 10 rings (SSSR count). The average Bonchev–Trinajstić information content (AvgIpc) is 3.40. The van der Waals surface area contributed by atoms with Gasteiger partial charge in [-0.25, -0.2) is 0 Å². The molecule has 0 aliphatic carbocycles. The van der Waals surface area contributed by atoms with Crippen molar-refractivity contribution in [1.82, 2.24) is 10.6 Å². The van der Waals surface area contributed by atoms with Crippen molar-refractivity contribution >= 4 is 74.9 Å². The van der Waals surface area contributed by atoms with Gasteiger partial charge in [0.1, 0.15) is 0 Å². The van der Waals surface area contributed by atoms with Gasteiger partial charge in [-0.05, 0) is 138 Å². The van der Waals surface area contributed by atoms with Gasteiger partial charge in [0, 0.05) is 62.0 Å². The number of nitrogens with one attached hydrogen (secondary N) is 2. The summed E-state index contributed by atoms with van der Waals surface area (Å²) in [5.41, 5.74) is 17.7. The zero-order valence-corrected chi connectivity index (χ0v) is 42.9. The van der Waals surface area contributed by atoms with E-state index in [1.807, 2.05) is 103 Å². The van der Waals surface area contributed by atoms with Gasteiger partial charge >= 0.3 is 0 Å². The molecular formula is C60H55Cl5N4O2. The van der Waals surface area contributed by atoms with E-state index in [0.717, 1.165) is 70.1 Å². The van der Waals surface area contributed by atoms with Crippen LogP contribution < -0.4 is 16.4 Å². The number of aliphatic imine (C=N–C) groups is 1. The highest BCUT2D eigenvalue weighted by molar-refractivity contribution is 6.67. The Bertz CT molecular complexity index is 2940. The fourth-order valence-electron chi connectivity index (χ4n) is 7.83. The Labute approximate surface area is 442 Å². The van der Waals surface area contributed by atoms with Crippen molar-refractivity contribution in [2.75, 3.05) is 26.2 Å². The molecule has 8 aromatic rings. The van der Waals surface area contributed by atoms with Crippen LogP contribution in [-0.4, -0.2) is 43.0 Å². The predicted octanol–water partition coefficient (Wildman–Crippen LogP) is 14.5. The molecule has 2 aliphatic rings. The first-order valence-corrected chi connectivity index (χ1v) is 25.2. The zero-order chi connectivity index (χ0) is 50.2. The number of nitrogens with zero attached hydrogens (tertiary/aromatic N) is 1. The molecule has 0 bridgehead atoms. The van der Waals surface area contributed by atoms with E-state index in [1.54, 1.807) is 36.4 Å². The molecule has 1 amide bonds. The molecule has 1 atom stereocenters. The van der Waals surface area contributed by atoms with Crippen LogP contribution in [0.4, 0.5) is 0 Å². The Balaban J connectivity index is 0.000000149. The molecule has 0 saturated heterocycles. The number of amides is 1. The van der Waals surface area contributed by atoms with Gasteiger partial charge in [-0.2, -0.15) is 0 Å². The van der Waals surface area contributed by atoms with Gasteiger partial charge in [-0.3, -0.25) is 14.6 Å². The Morgan fingerprint density at radius 3 is 1.68 bits per heavy atom. The molecule has 0 radical (unpaired) electrons. The minimum atomic E-state index is -0.407. The molecule has 0 aromatic heterocycles. The van der Waals surface area contributed by atoms with E-state index in [4.69, 9.17) is 63.7 Å². The van der Waals surface area contributed by atoms with E-state index in [0.29, 0.717) is 30.3 Å². The van der Waals surface area contributed by atoms with E-state index in [-0.39, 0.29) is 5.91 Å². The Morgan fingerprint density at radius 2 is 1.10 bits per heavy atom. The second-order valence-electron chi connectivity index (χ2n) is 16.3. The summed E-state index contributed by atoms with van der Waals surface area (Å²) in [7, 11) is 0. The van der Waals surface area contributed by atoms with Crippen LogP contribution in [-0.2, 0) is 25.7 Å². The van der Waals surface area contributed by atoms with Crippen LogP contribution in [0.5, 0.6) is 0 Å². The SMILES string of the molecule is Clc1ccc2c(c1)CCN=C2c1ccccc1.Clc1ccc2c(c1)CCNC2c1ccccc1.NCCc1cccc(Cl)c1.O=C(Cl)c1ccccc1.O=C(NCCc1cccc(Cl)c1)c1ccccc1. The van der Waals surface area contributed by atoms with Crippen molar-refractivity contribution in [3.63, 3.8) is 0 Å². The lowest BCUT2D eigenvalue weighted by molar-refractivity contribution is 0.0953. The number of carbonyl (C=O) groups excluding carboxylic acids is 2. The van der Waals surface area contributed by atoms with Crippen molar-refractivity contribution in [1.29, 1.82) is 0 Å². The van der Waals surface area contributed by atoms with E-state index in [2.05, 4.69) is 82.4 Å². The molecule has 4 N–H and O–H groups in total. The van der Waals surface area contributed by atoms with Crippen LogP contribution in [0.25, 0.3) is 0 Å². The van der Waals surface area contributed by atoms with Gasteiger partial charge in [0.2, 0.25) is 0 Å². The van der Waals surface area contributed by atoms with E-state index >= 15 is 0 Å². The predicted molar refractivity (Wildman–Crippen MR) is 298 cm³/mol. The topological polar surface area (TPSA) is 96.6 Å². The normalized spacial score (nSPS) is 12.9. The summed E-state index contributed by atoms with van der Waals surface area (Å²) in [4.78, 5) is 26.8. The Kier molecular flexibility index (Phi) is 22.4. The van der Waals surface area contributed by atoms with Gasteiger partial charge in [-0.15, -0.1) is 0 Å². The molecule has 0 spiro atoms. The molecule has 0 fully saturated rings. The van der Waals surface area contributed by atoms with Gasteiger partial charge in [0.15, 0.2) is 0 Å². The fourth-order valence-corrected chi connectivity index (χ4v) is 8.77.